The van der Waals surface area contributed by atoms with E-state index in [4.69, 9.17) is 16.3 Å². The number of halogens is 1. The minimum atomic E-state index is -0.237. The zero-order valence-electron chi connectivity index (χ0n) is 19.3. The second kappa shape index (κ2) is 11.4. The number of benzene rings is 2. The number of pyridine rings is 1. The lowest BCUT2D eigenvalue weighted by Gasteiger charge is -2.08. The van der Waals surface area contributed by atoms with Gasteiger partial charge in [0.15, 0.2) is 5.82 Å². The molecular formula is C26H26ClN5O3. The molecule has 1 amide bonds. The summed E-state index contributed by atoms with van der Waals surface area (Å²) in [6.45, 7) is 1.67. The number of carbonyl (C=O) groups excluding carboxylic acids is 1. The normalized spacial score (nSPS) is 10.7. The number of hydrogen-bond donors (Lipinski definition) is 2. The number of amides is 1. The summed E-state index contributed by atoms with van der Waals surface area (Å²) in [4.78, 5) is 24.6. The molecule has 0 atom stereocenters. The first-order valence-corrected chi connectivity index (χ1v) is 11.5. The summed E-state index contributed by atoms with van der Waals surface area (Å²) in [6.07, 6.45) is 3.49. The zero-order valence-corrected chi connectivity index (χ0v) is 20.0. The van der Waals surface area contributed by atoms with Crippen molar-refractivity contribution in [2.75, 3.05) is 25.5 Å². The third-order valence-electron chi connectivity index (χ3n) is 5.32. The number of carbonyl (C=O) groups is 1. The minimum Gasteiger partial charge on any atom is -0.492 e. The van der Waals surface area contributed by atoms with Crippen molar-refractivity contribution in [1.29, 1.82) is 0 Å². The SMILES string of the molecule is CNc1nn(Cc2ccc(Cn3ccccc3=O)cc2)cc1C(=O)NCCOc1cccc(Cl)c1. The van der Waals surface area contributed by atoms with Crippen LogP contribution in [0.4, 0.5) is 5.82 Å². The van der Waals surface area contributed by atoms with Gasteiger partial charge in [0, 0.05) is 30.5 Å². The van der Waals surface area contributed by atoms with Crippen molar-refractivity contribution in [3.8, 4) is 5.75 Å². The summed E-state index contributed by atoms with van der Waals surface area (Å²) in [5.41, 5.74) is 2.48. The van der Waals surface area contributed by atoms with Crippen LogP contribution in [-0.2, 0) is 13.1 Å². The van der Waals surface area contributed by atoms with Gasteiger partial charge in [-0.3, -0.25) is 14.3 Å². The van der Waals surface area contributed by atoms with E-state index in [1.54, 1.807) is 53.0 Å². The average Bonchev–Trinajstić information content (AvgIpc) is 3.27. The van der Waals surface area contributed by atoms with Crippen LogP contribution in [0, 0.1) is 0 Å². The number of nitrogens with one attached hydrogen (secondary N) is 2. The van der Waals surface area contributed by atoms with Crippen LogP contribution >= 0.6 is 11.6 Å². The molecule has 4 aromatic rings. The Hall–Kier alpha value is -4.04. The van der Waals surface area contributed by atoms with Crippen LogP contribution in [0.15, 0.2) is 83.9 Å². The maximum atomic E-state index is 12.7. The highest BCUT2D eigenvalue weighted by atomic mass is 35.5. The monoisotopic (exact) mass is 491 g/mol. The van der Waals surface area contributed by atoms with E-state index < -0.39 is 0 Å². The number of ether oxygens (including phenoxy) is 1. The van der Waals surface area contributed by atoms with Gasteiger partial charge in [-0.1, -0.05) is 48.0 Å². The van der Waals surface area contributed by atoms with Crippen LogP contribution in [0.1, 0.15) is 21.5 Å². The number of aromatic nitrogens is 3. The molecule has 180 valence electrons. The zero-order chi connectivity index (χ0) is 24.6. The average molecular weight is 492 g/mol. The fourth-order valence-corrected chi connectivity index (χ4v) is 3.74. The largest absolute Gasteiger partial charge is 0.492 e. The summed E-state index contributed by atoms with van der Waals surface area (Å²) in [7, 11) is 1.73. The lowest BCUT2D eigenvalue weighted by Crippen LogP contribution is -2.28. The van der Waals surface area contributed by atoms with Gasteiger partial charge >= 0.3 is 0 Å². The molecule has 0 fully saturated rings. The van der Waals surface area contributed by atoms with E-state index in [1.807, 2.05) is 42.5 Å². The second-order valence-corrected chi connectivity index (χ2v) is 8.32. The first-order valence-electron chi connectivity index (χ1n) is 11.2. The molecular weight excluding hydrogens is 466 g/mol. The molecule has 0 radical (unpaired) electrons. The van der Waals surface area contributed by atoms with Gasteiger partial charge in [0.05, 0.1) is 19.6 Å². The van der Waals surface area contributed by atoms with E-state index in [0.29, 0.717) is 48.4 Å². The Morgan fingerprint density at radius 1 is 1.03 bits per heavy atom. The quantitative estimate of drug-likeness (QED) is 0.330. The van der Waals surface area contributed by atoms with E-state index in [1.165, 1.54) is 0 Å². The van der Waals surface area contributed by atoms with E-state index in [2.05, 4.69) is 15.7 Å². The standard InChI is InChI=1S/C26H26ClN5O3/c1-28-25-23(26(34)29-12-14-35-22-6-4-5-21(27)15-22)18-32(30-25)17-20-10-8-19(9-11-20)16-31-13-3-2-7-24(31)33/h2-11,13,15,18H,12,14,16-17H2,1H3,(H,28,30)(H,29,34). The molecule has 0 saturated heterocycles. The van der Waals surface area contributed by atoms with E-state index >= 15 is 0 Å². The first-order chi connectivity index (χ1) is 17.0. The molecule has 0 aliphatic carbocycles. The van der Waals surface area contributed by atoms with Crippen LogP contribution in [-0.4, -0.2) is 40.5 Å². The minimum absolute atomic E-state index is 0.0328. The molecule has 8 nitrogen and oxygen atoms in total. The van der Waals surface area contributed by atoms with Crippen molar-refractivity contribution in [1.82, 2.24) is 19.7 Å². The fraction of sp³-hybridized carbons (Fsp3) is 0.192. The van der Waals surface area contributed by atoms with Gasteiger partial charge in [0.25, 0.3) is 11.5 Å². The summed E-state index contributed by atoms with van der Waals surface area (Å²) in [5.74, 6) is 0.912. The topological polar surface area (TPSA) is 90.2 Å². The Bertz CT molecular complexity index is 1350. The molecule has 0 aliphatic rings. The van der Waals surface area contributed by atoms with Gasteiger partial charge in [0.2, 0.25) is 0 Å². The van der Waals surface area contributed by atoms with Crippen molar-refractivity contribution in [3.63, 3.8) is 0 Å². The highest BCUT2D eigenvalue weighted by molar-refractivity contribution is 6.30. The fourth-order valence-electron chi connectivity index (χ4n) is 3.56. The Labute approximate surface area is 208 Å². The molecule has 0 aliphatic heterocycles. The molecule has 0 unspecified atom stereocenters. The van der Waals surface area contributed by atoms with Crippen molar-refractivity contribution < 1.29 is 9.53 Å². The summed E-state index contributed by atoms with van der Waals surface area (Å²) >= 11 is 5.95. The Kier molecular flexibility index (Phi) is 7.84. The maximum absolute atomic E-state index is 12.7. The van der Waals surface area contributed by atoms with Crippen molar-refractivity contribution in [2.45, 2.75) is 13.1 Å². The van der Waals surface area contributed by atoms with Crippen LogP contribution in [0.3, 0.4) is 0 Å². The number of nitrogens with zero attached hydrogens (tertiary/aromatic N) is 3. The lowest BCUT2D eigenvalue weighted by molar-refractivity contribution is 0.0947. The molecule has 0 saturated carbocycles. The van der Waals surface area contributed by atoms with E-state index in [-0.39, 0.29) is 11.5 Å². The van der Waals surface area contributed by atoms with Crippen molar-refractivity contribution in [3.05, 3.63) is 111 Å². The van der Waals surface area contributed by atoms with Crippen LogP contribution < -0.4 is 20.9 Å². The third kappa shape index (κ3) is 6.51. The smallest absolute Gasteiger partial charge is 0.256 e. The molecule has 35 heavy (non-hydrogen) atoms. The van der Waals surface area contributed by atoms with Gasteiger partial charge in [-0.15, -0.1) is 0 Å². The molecule has 0 spiro atoms. The maximum Gasteiger partial charge on any atom is 0.256 e. The molecule has 4 rings (SSSR count). The molecule has 2 heterocycles. The predicted molar refractivity (Wildman–Crippen MR) is 136 cm³/mol. The van der Waals surface area contributed by atoms with E-state index in [9.17, 15) is 9.59 Å². The Morgan fingerprint density at radius 2 is 1.80 bits per heavy atom. The van der Waals surface area contributed by atoms with E-state index in [0.717, 1.165) is 11.1 Å². The van der Waals surface area contributed by atoms with Gasteiger partial charge in [-0.2, -0.15) is 5.10 Å². The van der Waals surface area contributed by atoms with Gasteiger partial charge in [-0.25, -0.2) is 0 Å². The Morgan fingerprint density at radius 3 is 2.51 bits per heavy atom. The summed E-state index contributed by atoms with van der Waals surface area (Å²) in [6, 6.07) is 20.2. The highest BCUT2D eigenvalue weighted by Crippen LogP contribution is 2.17. The van der Waals surface area contributed by atoms with Crippen LogP contribution in [0.5, 0.6) is 5.75 Å². The molecule has 2 N–H and O–H groups in total. The van der Waals surface area contributed by atoms with Crippen molar-refractivity contribution >= 4 is 23.3 Å². The molecule has 9 heteroatoms. The molecule has 0 bridgehead atoms. The summed E-state index contributed by atoms with van der Waals surface area (Å²) < 4.78 is 8.99. The van der Waals surface area contributed by atoms with Gasteiger partial charge in [0.1, 0.15) is 17.9 Å². The third-order valence-corrected chi connectivity index (χ3v) is 5.55. The lowest BCUT2D eigenvalue weighted by atomic mass is 10.1. The van der Waals surface area contributed by atoms with Gasteiger partial charge < -0.3 is 19.9 Å². The molecule has 2 aromatic heterocycles. The molecule has 2 aromatic carbocycles. The van der Waals surface area contributed by atoms with Crippen LogP contribution in [0.25, 0.3) is 0 Å². The van der Waals surface area contributed by atoms with Gasteiger partial charge in [-0.05, 0) is 35.4 Å². The number of hydrogen-bond acceptors (Lipinski definition) is 5. The highest BCUT2D eigenvalue weighted by Gasteiger charge is 2.15. The van der Waals surface area contributed by atoms with Crippen LogP contribution in [0.2, 0.25) is 5.02 Å². The summed E-state index contributed by atoms with van der Waals surface area (Å²) in [5, 5.41) is 10.9. The number of rotatable bonds is 10. The first kappa shape index (κ1) is 24.1. The number of anilines is 1. The predicted octanol–water partition coefficient (Wildman–Crippen LogP) is 3.65. The van der Waals surface area contributed by atoms with Crippen molar-refractivity contribution in [2.24, 2.45) is 0 Å². The Balaban J connectivity index is 1.33. The second-order valence-electron chi connectivity index (χ2n) is 7.88.